The van der Waals surface area contributed by atoms with Gasteiger partial charge >= 0.3 is 6.03 Å². The first-order chi connectivity index (χ1) is 10.5. The zero-order chi connectivity index (χ0) is 15.9. The molecule has 114 valence electrons. The van der Waals surface area contributed by atoms with Crippen LogP contribution in [0.25, 0.3) is 10.4 Å². The molecule has 1 aliphatic rings. The number of thiophene rings is 1. The fourth-order valence-corrected chi connectivity index (χ4v) is 4.25. The molecule has 0 atom stereocenters. The molecule has 0 fully saturated rings. The van der Waals surface area contributed by atoms with Crippen molar-refractivity contribution in [2.24, 2.45) is 11.5 Å². The van der Waals surface area contributed by atoms with Crippen molar-refractivity contribution < 1.29 is 9.59 Å². The van der Waals surface area contributed by atoms with E-state index in [1.165, 1.54) is 22.5 Å². The Balaban J connectivity index is 2.17. The van der Waals surface area contributed by atoms with Gasteiger partial charge in [0.05, 0.1) is 5.56 Å². The minimum absolute atomic E-state index is 0.393. The van der Waals surface area contributed by atoms with Gasteiger partial charge in [0.15, 0.2) is 0 Å². The lowest BCUT2D eigenvalue weighted by Crippen LogP contribution is -2.22. The number of amides is 3. The number of hydrogen-bond acceptors (Lipinski definition) is 3. The molecule has 0 spiro atoms. The molecule has 0 bridgehead atoms. The summed E-state index contributed by atoms with van der Waals surface area (Å²) in [6, 6.07) is 5.70. The molecule has 6 heteroatoms. The van der Waals surface area contributed by atoms with Crippen molar-refractivity contribution >= 4 is 28.3 Å². The van der Waals surface area contributed by atoms with Crippen LogP contribution >= 0.6 is 11.3 Å². The Kier molecular flexibility index (Phi) is 3.62. The molecule has 1 aliphatic carbocycles. The molecule has 3 rings (SSSR count). The molecule has 2 aromatic rings. The number of urea groups is 1. The summed E-state index contributed by atoms with van der Waals surface area (Å²) in [5.41, 5.74) is 15.7. The standard InChI is InChI=1S/C16H17N3O2S/c1-2-8-3-5-10-9(7-8)4-6-11-12(14(17)20)15(19-16(18)21)22-13(10)11/h3,5,7H,2,4,6H2,1H3,(H2,17,20)(H3,18,19,21). The number of carbonyl (C=O) groups is 2. The lowest BCUT2D eigenvalue weighted by atomic mass is 9.88. The first-order valence-corrected chi connectivity index (χ1v) is 7.97. The average molecular weight is 315 g/mol. The lowest BCUT2D eigenvalue weighted by Gasteiger charge is -2.17. The average Bonchev–Trinajstić information content (AvgIpc) is 2.84. The van der Waals surface area contributed by atoms with Gasteiger partial charge in [0, 0.05) is 4.88 Å². The molecule has 0 saturated carbocycles. The summed E-state index contributed by atoms with van der Waals surface area (Å²) in [6.07, 6.45) is 2.60. The number of carbonyl (C=O) groups excluding carboxylic acids is 2. The molecule has 0 unspecified atom stereocenters. The van der Waals surface area contributed by atoms with Crippen molar-refractivity contribution in [3.8, 4) is 10.4 Å². The zero-order valence-electron chi connectivity index (χ0n) is 12.2. The molecular formula is C16H17N3O2S. The maximum Gasteiger partial charge on any atom is 0.317 e. The highest BCUT2D eigenvalue weighted by Gasteiger charge is 2.27. The van der Waals surface area contributed by atoms with Gasteiger partial charge in [-0.25, -0.2) is 4.79 Å². The highest BCUT2D eigenvalue weighted by molar-refractivity contribution is 7.20. The van der Waals surface area contributed by atoms with Crippen LogP contribution in [0.2, 0.25) is 0 Å². The summed E-state index contributed by atoms with van der Waals surface area (Å²) in [5.74, 6) is -0.533. The van der Waals surface area contributed by atoms with E-state index in [2.05, 4.69) is 30.4 Å². The Morgan fingerprint density at radius 2 is 2.05 bits per heavy atom. The lowest BCUT2D eigenvalue weighted by molar-refractivity contribution is 0.100. The number of hydrogen-bond donors (Lipinski definition) is 3. The third-order valence-electron chi connectivity index (χ3n) is 3.96. The SMILES string of the molecule is CCc1ccc2c(c1)CCc1c-2sc(NC(N)=O)c1C(N)=O. The van der Waals surface area contributed by atoms with Crippen molar-refractivity contribution in [3.05, 3.63) is 40.5 Å². The van der Waals surface area contributed by atoms with Crippen LogP contribution in [0.15, 0.2) is 18.2 Å². The predicted octanol–water partition coefficient (Wildman–Crippen LogP) is 2.67. The molecule has 0 saturated heterocycles. The van der Waals surface area contributed by atoms with Crippen molar-refractivity contribution in [1.29, 1.82) is 0 Å². The second-order valence-electron chi connectivity index (χ2n) is 5.31. The summed E-state index contributed by atoms with van der Waals surface area (Å²) in [6.45, 7) is 2.13. The fraction of sp³-hybridized carbons (Fsp3) is 0.250. The molecule has 3 amide bonds. The number of rotatable bonds is 3. The maximum atomic E-state index is 11.8. The summed E-state index contributed by atoms with van der Waals surface area (Å²) < 4.78 is 0. The van der Waals surface area contributed by atoms with E-state index in [0.717, 1.165) is 35.3 Å². The third-order valence-corrected chi connectivity index (χ3v) is 5.14. The largest absolute Gasteiger partial charge is 0.365 e. The van der Waals surface area contributed by atoms with Crippen LogP contribution in [-0.4, -0.2) is 11.9 Å². The minimum atomic E-state index is -0.692. The van der Waals surface area contributed by atoms with Gasteiger partial charge in [-0.15, -0.1) is 11.3 Å². The first kappa shape index (κ1) is 14.6. The predicted molar refractivity (Wildman–Crippen MR) is 88.3 cm³/mol. The second kappa shape index (κ2) is 5.46. The number of fused-ring (bicyclic) bond motifs is 3. The van der Waals surface area contributed by atoms with Crippen LogP contribution in [0.4, 0.5) is 9.80 Å². The number of aryl methyl sites for hydroxylation is 2. The summed E-state index contributed by atoms with van der Waals surface area (Å²) >= 11 is 1.36. The van der Waals surface area contributed by atoms with E-state index in [1.807, 2.05) is 0 Å². The fourth-order valence-electron chi connectivity index (χ4n) is 2.94. The molecule has 5 nitrogen and oxygen atoms in total. The van der Waals surface area contributed by atoms with E-state index in [-0.39, 0.29) is 0 Å². The number of anilines is 1. The molecule has 0 radical (unpaired) electrons. The van der Waals surface area contributed by atoms with Crippen LogP contribution in [0, 0.1) is 0 Å². The van der Waals surface area contributed by atoms with E-state index in [1.54, 1.807) is 0 Å². The molecule has 1 heterocycles. The summed E-state index contributed by atoms with van der Waals surface area (Å²) in [5, 5.41) is 2.96. The molecule has 1 aromatic carbocycles. The summed E-state index contributed by atoms with van der Waals surface area (Å²) in [4.78, 5) is 23.9. The third kappa shape index (κ3) is 2.35. The van der Waals surface area contributed by atoms with Crippen LogP contribution in [0.3, 0.4) is 0 Å². The normalized spacial score (nSPS) is 12.4. The van der Waals surface area contributed by atoms with Crippen molar-refractivity contribution in [2.75, 3.05) is 5.32 Å². The Hall–Kier alpha value is -2.34. The molecule has 5 N–H and O–H groups in total. The Labute approximate surface area is 132 Å². The monoisotopic (exact) mass is 315 g/mol. The number of benzene rings is 1. The number of primary amides is 2. The van der Waals surface area contributed by atoms with Crippen molar-refractivity contribution in [1.82, 2.24) is 0 Å². The highest BCUT2D eigenvalue weighted by Crippen LogP contribution is 2.45. The quantitative estimate of drug-likeness (QED) is 0.811. The van der Waals surface area contributed by atoms with Crippen LogP contribution in [0.1, 0.15) is 34.0 Å². The smallest absolute Gasteiger partial charge is 0.317 e. The van der Waals surface area contributed by atoms with Gasteiger partial charge in [-0.2, -0.15) is 0 Å². The van der Waals surface area contributed by atoms with Crippen molar-refractivity contribution in [2.45, 2.75) is 26.2 Å². The van der Waals surface area contributed by atoms with Gasteiger partial charge in [0.2, 0.25) is 0 Å². The van der Waals surface area contributed by atoms with Crippen molar-refractivity contribution in [3.63, 3.8) is 0 Å². The molecule has 22 heavy (non-hydrogen) atoms. The van der Waals surface area contributed by atoms with E-state index in [9.17, 15) is 9.59 Å². The minimum Gasteiger partial charge on any atom is -0.365 e. The van der Waals surface area contributed by atoms with Crippen LogP contribution in [-0.2, 0) is 19.3 Å². The van der Waals surface area contributed by atoms with Gasteiger partial charge in [-0.1, -0.05) is 25.1 Å². The Bertz CT molecular complexity index is 780. The summed E-state index contributed by atoms with van der Waals surface area (Å²) in [7, 11) is 0. The Morgan fingerprint density at radius 1 is 1.27 bits per heavy atom. The number of nitrogens with two attached hydrogens (primary N) is 2. The molecular weight excluding hydrogens is 298 g/mol. The van der Waals surface area contributed by atoms with Gasteiger partial charge in [-0.05, 0) is 41.5 Å². The Morgan fingerprint density at radius 3 is 2.68 bits per heavy atom. The van der Waals surface area contributed by atoms with E-state index >= 15 is 0 Å². The van der Waals surface area contributed by atoms with Crippen LogP contribution in [0.5, 0.6) is 0 Å². The van der Waals surface area contributed by atoms with Gasteiger partial charge in [-0.3, -0.25) is 10.1 Å². The van der Waals surface area contributed by atoms with E-state index < -0.39 is 11.9 Å². The first-order valence-electron chi connectivity index (χ1n) is 7.15. The zero-order valence-corrected chi connectivity index (χ0v) is 13.0. The topological polar surface area (TPSA) is 98.2 Å². The van der Waals surface area contributed by atoms with Gasteiger partial charge in [0.25, 0.3) is 5.91 Å². The van der Waals surface area contributed by atoms with Gasteiger partial charge < -0.3 is 11.5 Å². The number of nitrogens with one attached hydrogen (secondary N) is 1. The van der Waals surface area contributed by atoms with E-state index in [0.29, 0.717) is 10.6 Å². The molecule has 1 aromatic heterocycles. The second-order valence-corrected chi connectivity index (χ2v) is 6.33. The van der Waals surface area contributed by atoms with E-state index in [4.69, 9.17) is 11.5 Å². The van der Waals surface area contributed by atoms with Crippen LogP contribution < -0.4 is 16.8 Å². The van der Waals surface area contributed by atoms with Gasteiger partial charge in [0.1, 0.15) is 5.00 Å². The maximum absolute atomic E-state index is 11.8. The molecule has 0 aliphatic heterocycles. The highest BCUT2D eigenvalue weighted by atomic mass is 32.1.